The molecular weight excluding hydrogens is 298 g/mol. The van der Waals surface area contributed by atoms with Gasteiger partial charge < -0.3 is 26.6 Å². The van der Waals surface area contributed by atoms with E-state index >= 15 is 0 Å². The second-order valence-electron chi connectivity index (χ2n) is 5.63. The fourth-order valence-corrected chi connectivity index (χ4v) is 1.65. The van der Waals surface area contributed by atoms with E-state index in [0.29, 0.717) is 6.54 Å². The summed E-state index contributed by atoms with van der Waals surface area (Å²) in [6, 6.07) is -0.772. The van der Waals surface area contributed by atoms with Gasteiger partial charge in [-0.05, 0) is 45.3 Å². The van der Waals surface area contributed by atoms with Gasteiger partial charge in [0.25, 0.3) is 0 Å². The van der Waals surface area contributed by atoms with Gasteiger partial charge >= 0.3 is 11.9 Å². The molecule has 0 aliphatic heterocycles. The molecule has 0 saturated heterocycles. The lowest BCUT2D eigenvalue weighted by molar-refractivity contribution is -0.141. The number of nitrogens with one attached hydrogen (secondary N) is 2. The fraction of sp³-hybridized carbons (Fsp3) is 0.875. The van der Waals surface area contributed by atoms with Gasteiger partial charge in [0, 0.05) is 6.54 Å². The van der Waals surface area contributed by atoms with Crippen LogP contribution in [0.5, 0.6) is 0 Å². The van der Waals surface area contributed by atoms with Gasteiger partial charge in [0.05, 0.1) is 5.92 Å². The molecule has 0 heterocycles. The first-order chi connectivity index (χ1) is 10.9. The Kier molecular flexibility index (Phi) is 18.0. The highest BCUT2D eigenvalue weighted by Gasteiger charge is 2.09. The summed E-state index contributed by atoms with van der Waals surface area (Å²) in [5.41, 5.74) is 5.20. The maximum atomic E-state index is 10.4. The van der Waals surface area contributed by atoms with E-state index in [2.05, 4.69) is 17.6 Å². The van der Waals surface area contributed by atoms with Crippen molar-refractivity contribution in [1.29, 1.82) is 0 Å². The highest BCUT2D eigenvalue weighted by molar-refractivity contribution is 5.73. The topological polar surface area (TPSA) is 125 Å². The summed E-state index contributed by atoms with van der Waals surface area (Å²) in [5, 5.41) is 23.1. The molecule has 0 aromatic rings. The molecule has 0 saturated carbocycles. The quantitative estimate of drug-likeness (QED) is 0.321. The third-order valence-corrected chi connectivity index (χ3v) is 3.20. The van der Waals surface area contributed by atoms with Crippen LogP contribution in [-0.2, 0) is 9.59 Å². The van der Waals surface area contributed by atoms with E-state index in [1.54, 1.807) is 6.92 Å². The molecule has 0 amide bonds. The molecule has 2 unspecified atom stereocenters. The predicted molar refractivity (Wildman–Crippen MR) is 92.6 cm³/mol. The van der Waals surface area contributed by atoms with Crippen molar-refractivity contribution in [3.8, 4) is 0 Å². The molecule has 0 fully saturated rings. The first-order valence-corrected chi connectivity index (χ1v) is 8.49. The summed E-state index contributed by atoms with van der Waals surface area (Å²) >= 11 is 0. The van der Waals surface area contributed by atoms with Crippen molar-refractivity contribution in [2.75, 3.05) is 26.2 Å². The van der Waals surface area contributed by atoms with E-state index in [-0.39, 0.29) is 5.92 Å². The average molecular weight is 333 g/mol. The number of hydrogen-bond acceptors (Lipinski definition) is 5. The smallest absolute Gasteiger partial charge is 0.321 e. The van der Waals surface area contributed by atoms with Crippen molar-refractivity contribution in [2.45, 2.75) is 58.9 Å². The number of carbonyl (C=O) groups is 2. The van der Waals surface area contributed by atoms with Crippen LogP contribution in [0.1, 0.15) is 52.9 Å². The normalized spacial score (nSPS) is 12.9. The van der Waals surface area contributed by atoms with Crippen LogP contribution in [0.25, 0.3) is 0 Å². The van der Waals surface area contributed by atoms with Gasteiger partial charge in [-0.3, -0.25) is 9.59 Å². The van der Waals surface area contributed by atoms with Gasteiger partial charge in [0.1, 0.15) is 6.04 Å². The number of aliphatic carboxylic acids is 2. The Hall–Kier alpha value is -1.18. The molecule has 0 spiro atoms. The van der Waals surface area contributed by atoms with Gasteiger partial charge in [-0.1, -0.05) is 27.2 Å². The van der Waals surface area contributed by atoms with Crippen LogP contribution in [0.15, 0.2) is 0 Å². The lowest BCUT2D eigenvalue weighted by Crippen LogP contribution is -2.40. The van der Waals surface area contributed by atoms with Gasteiger partial charge in [-0.15, -0.1) is 0 Å². The first kappa shape index (κ1) is 24.1. The van der Waals surface area contributed by atoms with Gasteiger partial charge in [0.15, 0.2) is 0 Å². The summed E-state index contributed by atoms with van der Waals surface area (Å²) in [6.45, 7) is 9.17. The number of hydrogen-bond donors (Lipinski definition) is 5. The Morgan fingerprint density at radius 3 is 2.00 bits per heavy atom. The molecule has 0 bridgehead atoms. The Labute approximate surface area is 140 Å². The number of unbranched alkanes of at least 4 members (excludes halogenated alkanes) is 1. The Bertz CT molecular complexity index is 301. The van der Waals surface area contributed by atoms with Crippen LogP contribution >= 0.6 is 0 Å². The minimum absolute atomic E-state index is 0.189. The van der Waals surface area contributed by atoms with E-state index in [4.69, 9.17) is 15.9 Å². The van der Waals surface area contributed by atoms with Crippen molar-refractivity contribution >= 4 is 11.9 Å². The molecule has 0 aromatic carbocycles. The molecule has 7 heteroatoms. The molecule has 23 heavy (non-hydrogen) atoms. The lowest BCUT2D eigenvalue weighted by atomic mass is 10.0. The maximum absolute atomic E-state index is 10.4. The summed E-state index contributed by atoms with van der Waals surface area (Å²) in [5.74, 6) is -1.82. The lowest BCUT2D eigenvalue weighted by Gasteiger charge is -2.05. The van der Waals surface area contributed by atoms with Crippen molar-refractivity contribution in [3.63, 3.8) is 0 Å². The standard InChI is InChI=1S/C10H21NO2.C6H14N2O2/c1-3-7-11-8-5-4-6-9(2)10(12)13;1-2-3-8-4-5(7)6(9)10/h9,11H,3-8H2,1-2H3,(H,12,13);5,8H,2-4,7H2,1H3,(H,9,10). The highest BCUT2D eigenvalue weighted by Crippen LogP contribution is 2.06. The number of rotatable bonds is 13. The fourth-order valence-electron chi connectivity index (χ4n) is 1.65. The first-order valence-electron chi connectivity index (χ1n) is 8.49. The molecule has 0 rings (SSSR count). The Morgan fingerprint density at radius 1 is 0.957 bits per heavy atom. The molecule has 0 aliphatic rings. The van der Waals surface area contributed by atoms with Crippen molar-refractivity contribution in [3.05, 3.63) is 0 Å². The van der Waals surface area contributed by atoms with Crippen LogP contribution in [0.3, 0.4) is 0 Å². The SMILES string of the molecule is CCCNCC(N)C(=O)O.CCCNCCCCC(C)C(=O)O. The van der Waals surface area contributed by atoms with E-state index < -0.39 is 18.0 Å². The third kappa shape index (κ3) is 18.8. The van der Waals surface area contributed by atoms with Gasteiger partial charge in [-0.25, -0.2) is 0 Å². The van der Waals surface area contributed by atoms with Crippen molar-refractivity contribution in [1.82, 2.24) is 10.6 Å². The Balaban J connectivity index is 0. The maximum Gasteiger partial charge on any atom is 0.321 e. The zero-order chi connectivity index (χ0) is 18.1. The molecular formula is C16H35N3O4. The van der Waals surface area contributed by atoms with E-state index in [9.17, 15) is 9.59 Å². The molecule has 138 valence electrons. The van der Waals surface area contributed by atoms with E-state index in [1.165, 1.54) is 0 Å². The minimum atomic E-state index is -0.955. The average Bonchev–Trinajstić information content (AvgIpc) is 2.51. The second kappa shape index (κ2) is 17.2. The van der Waals surface area contributed by atoms with Crippen LogP contribution in [-0.4, -0.2) is 54.4 Å². The summed E-state index contributed by atoms with van der Waals surface area (Å²) < 4.78 is 0. The van der Waals surface area contributed by atoms with Crippen molar-refractivity contribution in [2.24, 2.45) is 11.7 Å². The van der Waals surface area contributed by atoms with Crippen LogP contribution in [0.2, 0.25) is 0 Å². The number of carboxylic acids is 2. The number of nitrogens with two attached hydrogens (primary N) is 1. The highest BCUT2D eigenvalue weighted by atomic mass is 16.4. The summed E-state index contributed by atoms with van der Waals surface area (Å²) in [7, 11) is 0. The number of carboxylic acid groups (broad SMARTS) is 2. The summed E-state index contributed by atoms with van der Waals surface area (Å²) in [4.78, 5) is 20.6. The van der Waals surface area contributed by atoms with Gasteiger partial charge in [0.2, 0.25) is 0 Å². The molecule has 6 N–H and O–H groups in total. The zero-order valence-electron chi connectivity index (χ0n) is 14.8. The monoisotopic (exact) mass is 333 g/mol. The van der Waals surface area contributed by atoms with Crippen molar-refractivity contribution < 1.29 is 19.8 Å². The molecule has 0 aromatic heterocycles. The second-order valence-corrected chi connectivity index (χ2v) is 5.63. The largest absolute Gasteiger partial charge is 0.481 e. The minimum Gasteiger partial charge on any atom is -0.481 e. The molecule has 7 nitrogen and oxygen atoms in total. The van der Waals surface area contributed by atoms with E-state index in [0.717, 1.165) is 51.7 Å². The predicted octanol–water partition coefficient (Wildman–Crippen LogP) is 1.27. The molecule has 2 atom stereocenters. The molecule has 0 aliphatic carbocycles. The zero-order valence-corrected chi connectivity index (χ0v) is 14.8. The molecule has 0 radical (unpaired) electrons. The summed E-state index contributed by atoms with van der Waals surface area (Å²) in [6.07, 6.45) is 5.03. The Morgan fingerprint density at radius 2 is 1.52 bits per heavy atom. The third-order valence-electron chi connectivity index (χ3n) is 3.20. The van der Waals surface area contributed by atoms with E-state index in [1.807, 2.05) is 6.92 Å². The van der Waals surface area contributed by atoms with Crippen LogP contribution in [0.4, 0.5) is 0 Å². The van der Waals surface area contributed by atoms with Gasteiger partial charge in [-0.2, -0.15) is 0 Å². The van der Waals surface area contributed by atoms with Crippen LogP contribution < -0.4 is 16.4 Å². The van der Waals surface area contributed by atoms with Crippen LogP contribution in [0, 0.1) is 5.92 Å².